The van der Waals surface area contributed by atoms with E-state index in [9.17, 15) is 0 Å². The van der Waals surface area contributed by atoms with E-state index in [1.807, 2.05) is 0 Å². The molecule has 0 aliphatic heterocycles. The van der Waals surface area contributed by atoms with Crippen LogP contribution in [0.5, 0.6) is 0 Å². The minimum atomic E-state index is 0.115. The molecule has 0 radical (unpaired) electrons. The molecule has 2 aliphatic carbocycles. The highest BCUT2D eigenvalue weighted by atomic mass is 16.5. The Hall–Kier alpha value is -0.120. The molecular weight excluding hydrogens is 226 g/mol. The van der Waals surface area contributed by atoms with Gasteiger partial charge >= 0.3 is 0 Å². The molecule has 0 heterocycles. The molecule has 1 N–H and O–H groups in total. The predicted molar refractivity (Wildman–Crippen MR) is 73.8 cm³/mol. The van der Waals surface area contributed by atoms with Crippen LogP contribution in [0, 0.1) is 5.92 Å². The summed E-state index contributed by atoms with van der Waals surface area (Å²) < 4.78 is 11.8. The summed E-state index contributed by atoms with van der Waals surface area (Å²) in [6, 6.07) is 0.781. The highest BCUT2D eigenvalue weighted by Gasteiger charge is 2.36. The molecule has 3 heteroatoms. The van der Waals surface area contributed by atoms with Crippen molar-refractivity contribution in [3.05, 3.63) is 0 Å². The van der Waals surface area contributed by atoms with Crippen LogP contribution < -0.4 is 5.32 Å². The van der Waals surface area contributed by atoms with Crippen molar-refractivity contribution in [2.24, 2.45) is 5.92 Å². The maximum atomic E-state index is 6.16. The summed E-state index contributed by atoms with van der Waals surface area (Å²) in [5.74, 6) is 0.613. The van der Waals surface area contributed by atoms with Gasteiger partial charge < -0.3 is 14.8 Å². The highest BCUT2D eigenvalue weighted by molar-refractivity contribution is 4.92. The lowest BCUT2D eigenvalue weighted by molar-refractivity contribution is -0.0648. The predicted octanol–water partition coefficient (Wildman–Crippen LogP) is 2.74. The Balaban J connectivity index is 1.62. The van der Waals surface area contributed by atoms with E-state index >= 15 is 0 Å². The minimum absolute atomic E-state index is 0.115. The lowest BCUT2D eigenvalue weighted by Crippen LogP contribution is -2.42. The molecule has 2 saturated carbocycles. The summed E-state index contributed by atoms with van der Waals surface area (Å²) in [7, 11) is 0. The summed E-state index contributed by atoms with van der Waals surface area (Å²) in [5, 5.41) is 3.63. The highest BCUT2D eigenvalue weighted by Crippen LogP contribution is 2.33. The molecule has 0 aromatic rings. The smallest absolute Gasteiger partial charge is 0.0807 e. The molecule has 0 atom stereocenters. The molecule has 0 aromatic carbocycles. The summed E-state index contributed by atoms with van der Waals surface area (Å²) in [6.45, 7) is 7.73. The Bertz CT molecular complexity index is 233. The van der Waals surface area contributed by atoms with Crippen molar-refractivity contribution < 1.29 is 9.47 Å². The monoisotopic (exact) mass is 255 g/mol. The van der Waals surface area contributed by atoms with Gasteiger partial charge in [-0.3, -0.25) is 0 Å². The minimum Gasteiger partial charge on any atom is -0.379 e. The molecule has 106 valence electrons. The van der Waals surface area contributed by atoms with Gasteiger partial charge in [-0.15, -0.1) is 0 Å². The molecule has 18 heavy (non-hydrogen) atoms. The maximum Gasteiger partial charge on any atom is 0.0807 e. The van der Waals surface area contributed by atoms with E-state index in [-0.39, 0.29) is 5.60 Å². The standard InChI is InChI=1S/C15H29NO2/c1-13(2)11-17-9-10-18-15(7-3-4-8-15)12-16-14-5-6-14/h13-14,16H,3-12H2,1-2H3. The van der Waals surface area contributed by atoms with Gasteiger partial charge in [-0.05, 0) is 31.6 Å². The number of ether oxygens (including phenoxy) is 2. The Labute approximate surface area is 112 Å². The Morgan fingerprint density at radius 2 is 1.89 bits per heavy atom. The molecule has 0 amide bonds. The lowest BCUT2D eigenvalue weighted by atomic mass is 10.0. The molecule has 0 aromatic heterocycles. The Morgan fingerprint density at radius 3 is 2.50 bits per heavy atom. The van der Waals surface area contributed by atoms with Crippen LogP contribution in [0.25, 0.3) is 0 Å². The van der Waals surface area contributed by atoms with Crippen LogP contribution in [0.1, 0.15) is 52.4 Å². The van der Waals surface area contributed by atoms with E-state index in [0.717, 1.165) is 32.4 Å². The van der Waals surface area contributed by atoms with Crippen LogP contribution in [-0.2, 0) is 9.47 Å². The zero-order valence-electron chi connectivity index (χ0n) is 12.0. The van der Waals surface area contributed by atoms with E-state index < -0.39 is 0 Å². The van der Waals surface area contributed by atoms with Gasteiger partial charge in [0.15, 0.2) is 0 Å². The lowest BCUT2D eigenvalue weighted by Gasteiger charge is -2.30. The fraction of sp³-hybridized carbons (Fsp3) is 1.00. The summed E-state index contributed by atoms with van der Waals surface area (Å²) in [4.78, 5) is 0. The number of rotatable bonds is 9. The second kappa shape index (κ2) is 6.88. The van der Waals surface area contributed by atoms with Crippen molar-refractivity contribution >= 4 is 0 Å². The van der Waals surface area contributed by atoms with Gasteiger partial charge in [0.1, 0.15) is 0 Å². The second-order valence-electron chi connectivity index (χ2n) is 6.36. The SMILES string of the molecule is CC(C)COCCOC1(CNC2CC2)CCCC1. The first kappa shape index (κ1) is 14.3. The largest absolute Gasteiger partial charge is 0.379 e. The van der Waals surface area contributed by atoms with Gasteiger partial charge in [-0.25, -0.2) is 0 Å². The molecule has 0 spiro atoms. The van der Waals surface area contributed by atoms with Crippen LogP contribution in [0.15, 0.2) is 0 Å². The first-order chi connectivity index (χ1) is 8.70. The average Bonchev–Trinajstić information content (AvgIpc) is 3.06. The topological polar surface area (TPSA) is 30.5 Å². The first-order valence-corrected chi connectivity index (χ1v) is 7.65. The molecule has 2 rings (SSSR count). The van der Waals surface area contributed by atoms with E-state index in [2.05, 4.69) is 19.2 Å². The summed E-state index contributed by atoms with van der Waals surface area (Å²) in [5.41, 5.74) is 0.115. The van der Waals surface area contributed by atoms with Crippen molar-refractivity contribution in [1.82, 2.24) is 5.32 Å². The van der Waals surface area contributed by atoms with Crippen molar-refractivity contribution in [2.45, 2.75) is 64.0 Å². The van der Waals surface area contributed by atoms with Crippen LogP contribution >= 0.6 is 0 Å². The quantitative estimate of drug-likeness (QED) is 0.643. The van der Waals surface area contributed by atoms with Gasteiger partial charge in [-0.2, -0.15) is 0 Å². The van der Waals surface area contributed by atoms with Crippen molar-refractivity contribution in [1.29, 1.82) is 0 Å². The van der Waals surface area contributed by atoms with Gasteiger partial charge in [-0.1, -0.05) is 26.7 Å². The third-order valence-electron chi connectivity index (χ3n) is 3.89. The Morgan fingerprint density at radius 1 is 1.17 bits per heavy atom. The maximum absolute atomic E-state index is 6.16. The normalized spacial score (nSPS) is 22.8. The molecule has 0 bridgehead atoms. The van der Waals surface area contributed by atoms with Crippen molar-refractivity contribution in [3.8, 4) is 0 Å². The molecule has 2 aliphatic rings. The Kier molecular flexibility index (Phi) is 5.46. The first-order valence-electron chi connectivity index (χ1n) is 7.65. The third-order valence-corrected chi connectivity index (χ3v) is 3.89. The third kappa shape index (κ3) is 4.87. The average molecular weight is 255 g/mol. The zero-order valence-corrected chi connectivity index (χ0v) is 12.0. The van der Waals surface area contributed by atoms with Crippen molar-refractivity contribution in [2.75, 3.05) is 26.4 Å². The molecule has 2 fully saturated rings. The van der Waals surface area contributed by atoms with E-state index in [0.29, 0.717) is 5.92 Å². The van der Waals surface area contributed by atoms with Gasteiger partial charge in [0.2, 0.25) is 0 Å². The van der Waals surface area contributed by atoms with Crippen molar-refractivity contribution in [3.63, 3.8) is 0 Å². The zero-order chi connectivity index (χ0) is 12.8. The second-order valence-corrected chi connectivity index (χ2v) is 6.36. The van der Waals surface area contributed by atoms with E-state index in [4.69, 9.17) is 9.47 Å². The van der Waals surface area contributed by atoms with Crippen LogP contribution in [0.2, 0.25) is 0 Å². The van der Waals surface area contributed by atoms with E-state index in [1.54, 1.807) is 0 Å². The van der Waals surface area contributed by atoms with Gasteiger partial charge in [0.25, 0.3) is 0 Å². The molecule has 0 unspecified atom stereocenters. The summed E-state index contributed by atoms with van der Waals surface area (Å²) >= 11 is 0. The molecule has 3 nitrogen and oxygen atoms in total. The molecular formula is C15H29NO2. The van der Waals surface area contributed by atoms with Gasteiger partial charge in [0, 0.05) is 19.2 Å². The fourth-order valence-electron chi connectivity index (χ4n) is 2.65. The number of hydrogen-bond donors (Lipinski definition) is 1. The summed E-state index contributed by atoms with van der Waals surface area (Å²) in [6.07, 6.45) is 7.79. The fourth-order valence-corrected chi connectivity index (χ4v) is 2.65. The van der Waals surface area contributed by atoms with Crippen LogP contribution in [0.4, 0.5) is 0 Å². The van der Waals surface area contributed by atoms with E-state index in [1.165, 1.54) is 38.5 Å². The van der Waals surface area contributed by atoms with Crippen LogP contribution in [0.3, 0.4) is 0 Å². The van der Waals surface area contributed by atoms with Crippen LogP contribution in [-0.4, -0.2) is 38.0 Å². The number of hydrogen-bond acceptors (Lipinski definition) is 3. The number of nitrogens with one attached hydrogen (secondary N) is 1. The van der Waals surface area contributed by atoms with Gasteiger partial charge in [0.05, 0.1) is 18.8 Å². The molecule has 0 saturated heterocycles.